The lowest BCUT2D eigenvalue weighted by atomic mass is 10.2. The van der Waals surface area contributed by atoms with Gasteiger partial charge >= 0.3 is 0 Å². The van der Waals surface area contributed by atoms with E-state index < -0.39 is 0 Å². The molecule has 0 bridgehead atoms. The Morgan fingerprint density at radius 3 is 3.00 bits per heavy atom. The predicted molar refractivity (Wildman–Crippen MR) is 63.4 cm³/mol. The van der Waals surface area contributed by atoms with Crippen molar-refractivity contribution in [2.75, 3.05) is 0 Å². The Hall–Kier alpha value is -1.68. The molecule has 4 heteroatoms. The maximum Gasteiger partial charge on any atom is 0.125 e. The number of halogens is 1. The fourth-order valence-electron chi connectivity index (χ4n) is 2.50. The second-order valence-electron chi connectivity index (χ2n) is 4.32. The van der Waals surface area contributed by atoms with E-state index in [-0.39, 0.29) is 5.82 Å². The van der Waals surface area contributed by atoms with Crippen LogP contribution >= 0.6 is 0 Å². The Morgan fingerprint density at radius 1 is 1.35 bits per heavy atom. The van der Waals surface area contributed by atoms with Gasteiger partial charge < -0.3 is 5.73 Å². The Balaban J connectivity index is 2.15. The van der Waals surface area contributed by atoms with Gasteiger partial charge in [-0.15, -0.1) is 0 Å². The highest BCUT2D eigenvalue weighted by Gasteiger charge is 2.22. The molecule has 0 spiro atoms. The maximum absolute atomic E-state index is 13.2. The smallest absolute Gasteiger partial charge is 0.125 e. The molecule has 0 amide bonds. The summed E-state index contributed by atoms with van der Waals surface area (Å²) in [5.41, 5.74) is 9.87. The molecule has 0 fully saturated rings. The van der Waals surface area contributed by atoms with E-state index in [0.717, 1.165) is 30.6 Å². The van der Waals surface area contributed by atoms with Gasteiger partial charge in [-0.2, -0.15) is 5.10 Å². The maximum atomic E-state index is 13.2. The standard InChI is InChI=1S/C13H14FN3/c14-9-3-1-4-10(7-9)17-13-6-2-5-11(13)12(8-15)16-17/h1,3-4,7H,2,5-6,8,15H2. The molecule has 1 aliphatic rings. The Bertz CT molecular complexity index is 560. The second kappa shape index (κ2) is 3.96. The molecule has 0 radical (unpaired) electrons. The van der Waals surface area contributed by atoms with Crippen LogP contribution in [-0.4, -0.2) is 9.78 Å². The molecule has 1 heterocycles. The SMILES string of the molecule is NCc1nn(-c2cccc(F)c2)c2c1CCC2. The molecular weight excluding hydrogens is 217 g/mol. The number of nitrogens with two attached hydrogens (primary N) is 1. The average Bonchev–Trinajstić information content (AvgIpc) is 2.89. The van der Waals surface area contributed by atoms with Gasteiger partial charge in [0.1, 0.15) is 5.82 Å². The first-order valence-electron chi connectivity index (χ1n) is 5.85. The van der Waals surface area contributed by atoms with Gasteiger partial charge in [0.2, 0.25) is 0 Å². The van der Waals surface area contributed by atoms with Crippen molar-refractivity contribution < 1.29 is 4.39 Å². The molecule has 1 aromatic heterocycles. The molecule has 2 N–H and O–H groups in total. The second-order valence-corrected chi connectivity index (χ2v) is 4.32. The Labute approximate surface area is 99.1 Å². The van der Waals surface area contributed by atoms with Gasteiger partial charge in [0.05, 0.1) is 11.4 Å². The van der Waals surface area contributed by atoms with Crippen LogP contribution in [0.4, 0.5) is 4.39 Å². The molecule has 1 aromatic carbocycles. The minimum absolute atomic E-state index is 0.237. The van der Waals surface area contributed by atoms with Crippen molar-refractivity contribution in [1.82, 2.24) is 9.78 Å². The molecular formula is C13H14FN3. The van der Waals surface area contributed by atoms with Gasteiger partial charge in [0, 0.05) is 12.2 Å². The van der Waals surface area contributed by atoms with Gasteiger partial charge in [-0.05, 0) is 43.0 Å². The summed E-state index contributed by atoms with van der Waals surface area (Å²) < 4.78 is 15.1. The number of aromatic nitrogens is 2. The van der Waals surface area contributed by atoms with Crippen molar-refractivity contribution in [3.8, 4) is 5.69 Å². The largest absolute Gasteiger partial charge is 0.325 e. The third kappa shape index (κ3) is 1.65. The van der Waals surface area contributed by atoms with Gasteiger partial charge in [0.25, 0.3) is 0 Å². The van der Waals surface area contributed by atoms with Crippen LogP contribution in [0.25, 0.3) is 5.69 Å². The van der Waals surface area contributed by atoms with Gasteiger partial charge in [-0.3, -0.25) is 0 Å². The fourth-order valence-corrected chi connectivity index (χ4v) is 2.50. The third-order valence-electron chi connectivity index (χ3n) is 3.26. The number of benzene rings is 1. The number of rotatable bonds is 2. The number of hydrogen-bond acceptors (Lipinski definition) is 2. The minimum Gasteiger partial charge on any atom is -0.325 e. The highest BCUT2D eigenvalue weighted by Crippen LogP contribution is 2.27. The lowest BCUT2D eigenvalue weighted by Gasteiger charge is -2.05. The van der Waals surface area contributed by atoms with E-state index in [1.807, 2.05) is 10.7 Å². The van der Waals surface area contributed by atoms with Gasteiger partial charge in [-0.25, -0.2) is 9.07 Å². The zero-order valence-corrected chi connectivity index (χ0v) is 9.49. The molecule has 2 aromatic rings. The topological polar surface area (TPSA) is 43.8 Å². The highest BCUT2D eigenvalue weighted by molar-refractivity contribution is 5.40. The molecule has 17 heavy (non-hydrogen) atoms. The Morgan fingerprint density at radius 2 is 2.24 bits per heavy atom. The summed E-state index contributed by atoms with van der Waals surface area (Å²) in [7, 11) is 0. The molecule has 0 atom stereocenters. The van der Waals surface area contributed by atoms with E-state index in [1.165, 1.54) is 23.4 Å². The van der Waals surface area contributed by atoms with Crippen LogP contribution in [0.2, 0.25) is 0 Å². The minimum atomic E-state index is -0.237. The van der Waals surface area contributed by atoms with Crippen molar-refractivity contribution in [3.63, 3.8) is 0 Å². The summed E-state index contributed by atoms with van der Waals surface area (Å²) >= 11 is 0. The van der Waals surface area contributed by atoms with Crippen LogP contribution in [0.1, 0.15) is 23.4 Å². The van der Waals surface area contributed by atoms with E-state index in [4.69, 9.17) is 5.73 Å². The predicted octanol–water partition coefficient (Wildman–Crippen LogP) is 1.96. The first-order chi connectivity index (χ1) is 8.29. The van der Waals surface area contributed by atoms with Crippen molar-refractivity contribution in [2.24, 2.45) is 5.73 Å². The van der Waals surface area contributed by atoms with Gasteiger partial charge in [0.15, 0.2) is 0 Å². The van der Waals surface area contributed by atoms with E-state index in [9.17, 15) is 4.39 Å². The first-order valence-corrected chi connectivity index (χ1v) is 5.85. The molecule has 0 saturated carbocycles. The molecule has 0 aliphatic heterocycles. The van der Waals surface area contributed by atoms with E-state index in [2.05, 4.69) is 5.10 Å². The van der Waals surface area contributed by atoms with Crippen LogP contribution in [0, 0.1) is 5.82 Å². The van der Waals surface area contributed by atoms with E-state index in [1.54, 1.807) is 6.07 Å². The molecule has 88 valence electrons. The monoisotopic (exact) mass is 231 g/mol. The van der Waals surface area contributed by atoms with Crippen molar-refractivity contribution >= 4 is 0 Å². The van der Waals surface area contributed by atoms with E-state index in [0.29, 0.717) is 6.54 Å². The number of fused-ring (bicyclic) bond motifs is 1. The van der Waals surface area contributed by atoms with Gasteiger partial charge in [-0.1, -0.05) is 6.07 Å². The molecule has 0 unspecified atom stereocenters. The van der Waals surface area contributed by atoms with Crippen LogP contribution in [0.15, 0.2) is 24.3 Å². The summed E-state index contributed by atoms with van der Waals surface area (Å²) in [6.45, 7) is 0.449. The summed E-state index contributed by atoms with van der Waals surface area (Å²) in [5.74, 6) is -0.237. The fraction of sp³-hybridized carbons (Fsp3) is 0.308. The van der Waals surface area contributed by atoms with Crippen LogP contribution in [-0.2, 0) is 19.4 Å². The first kappa shape index (κ1) is 10.5. The van der Waals surface area contributed by atoms with Crippen LogP contribution in [0.3, 0.4) is 0 Å². The zero-order chi connectivity index (χ0) is 11.8. The lowest BCUT2D eigenvalue weighted by Crippen LogP contribution is -2.04. The molecule has 3 rings (SSSR count). The van der Waals surface area contributed by atoms with Crippen molar-refractivity contribution in [1.29, 1.82) is 0 Å². The molecule has 3 nitrogen and oxygen atoms in total. The number of nitrogens with zero attached hydrogens (tertiary/aromatic N) is 2. The van der Waals surface area contributed by atoms with Crippen molar-refractivity contribution in [3.05, 3.63) is 47.0 Å². The quantitative estimate of drug-likeness (QED) is 0.858. The lowest BCUT2D eigenvalue weighted by molar-refractivity contribution is 0.624. The van der Waals surface area contributed by atoms with Crippen LogP contribution in [0.5, 0.6) is 0 Å². The van der Waals surface area contributed by atoms with Crippen molar-refractivity contribution in [2.45, 2.75) is 25.8 Å². The summed E-state index contributed by atoms with van der Waals surface area (Å²) in [6, 6.07) is 6.52. The Kier molecular flexibility index (Phi) is 2.44. The normalized spacial score (nSPS) is 14.0. The van der Waals surface area contributed by atoms with Crippen LogP contribution < -0.4 is 5.73 Å². The van der Waals surface area contributed by atoms with E-state index >= 15 is 0 Å². The molecule has 0 saturated heterocycles. The summed E-state index contributed by atoms with van der Waals surface area (Å²) in [6.07, 6.45) is 3.17. The third-order valence-corrected chi connectivity index (χ3v) is 3.26. The summed E-state index contributed by atoms with van der Waals surface area (Å²) in [5, 5.41) is 4.49. The zero-order valence-electron chi connectivity index (χ0n) is 9.49. The highest BCUT2D eigenvalue weighted by atomic mass is 19.1. The molecule has 1 aliphatic carbocycles. The summed E-state index contributed by atoms with van der Waals surface area (Å²) in [4.78, 5) is 0. The number of hydrogen-bond donors (Lipinski definition) is 1. The average molecular weight is 231 g/mol.